The Morgan fingerprint density at radius 1 is 1.16 bits per heavy atom. The number of nitrogens with one attached hydrogen (secondary N) is 1. The van der Waals surface area contributed by atoms with Gasteiger partial charge in [0.2, 0.25) is 0 Å². The molecule has 0 radical (unpaired) electrons. The van der Waals surface area contributed by atoms with E-state index < -0.39 is 0 Å². The number of carbonyl (C=O) groups excluding carboxylic acids is 1. The fourth-order valence-electron chi connectivity index (χ4n) is 5.44. The number of allylic oxidation sites excluding steroid dienone is 1. The van der Waals surface area contributed by atoms with Crippen LogP contribution in [0.4, 0.5) is 5.69 Å². The highest BCUT2D eigenvalue weighted by Crippen LogP contribution is 2.34. The summed E-state index contributed by atoms with van der Waals surface area (Å²) in [5.41, 5.74) is 3.65. The lowest BCUT2D eigenvalue weighted by Gasteiger charge is -2.22. The lowest BCUT2D eigenvalue weighted by Crippen LogP contribution is -2.25. The minimum Gasteiger partial charge on any atom is -0.493 e. The van der Waals surface area contributed by atoms with Crippen LogP contribution in [-0.4, -0.2) is 35.5 Å². The molecule has 1 aromatic heterocycles. The van der Waals surface area contributed by atoms with Gasteiger partial charge in [-0.15, -0.1) is 6.58 Å². The molecule has 9 heteroatoms. The maximum Gasteiger partial charge on any atom is 0.282 e. The van der Waals surface area contributed by atoms with E-state index in [4.69, 9.17) is 14.5 Å². The molecule has 0 aliphatic heterocycles. The van der Waals surface area contributed by atoms with Crippen molar-refractivity contribution in [3.63, 3.8) is 0 Å². The number of carbonyl (C=O) groups is 1. The van der Waals surface area contributed by atoms with E-state index in [-0.39, 0.29) is 24.0 Å². The Morgan fingerprint density at radius 2 is 1.95 bits per heavy atom. The Bertz CT molecular complexity index is 1740. The molecule has 1 N–H and O–H groups in total. The Labute approximate surface area is 259 Å². The number of aryl methyl sites for hydroxylation is 1. The third-order valence-corrected chi connectivity index (χ3v) is 8.12. The Balaban J connectivity index is 1.47. The van der Waals surface area contributed by atoms with Gasteiger partial charge in [0, 0.05) is 21.6 Å². The lowest BCUT2D eigenvalue weighted by molar-refractivity contribution is -0.118. The molecule has 0 atom stereocenters. The number of rotatable bonds is 10. The third-order valence-electron chi connectivity index (χ3n) is 7.63. The van der Waals surface area contributed by atoms with E-state index in [2.05, 4.69) is 32.9 Å². The van der Waals surface area contributed by atoms with E-state index in [1.807, 2.05) is 49.4 Å². The molecule has 222 valence electrons. The molecular weight excluding hydrogens is 608 g/mol. The summed E-state index contributed by atoms with van der Waals surface area (Å²) in [5, 5.41) is 8.07. The Kier molecular flexibility index (Phi) is 9.72. The van der Waals surface area contributed by atoms with Gasteiger partial charge in [-0.25, -0.2) is 4.98 Å². The topological polar surface area (TPSA) is 94.8 Å². The number of para-hydroxylation sites is 1. The van der Waals surface area contributed by atoms with Crippen LogP contribution in [0, 0.1) is 6.92 Å². The molecule has 4 aromatic rings. The number of anilines is 1. The van der Waals surface area contributed by atoms with Crippen LogP contribution in [0.3, 0.4) is 0 Å². The molecule has 43 heavy (non-hydrogen) atoms. The van der Waals surface area contributed by atoms with Crippen molar-refractivity contribution in [1.82, 2.24) is 9.66 Å². The number of ether oxygens (including phenoxy) is 2. The number of hydrogen-bond acceptors (Lipinski definition) is 6. The first kappa shape index (κ1) is 30.2. The Morgan fingerprint density at radius 3 is 2.70 bits per heavy atom. The van der Waals surface area contributed by atoms with Crippen molar-refractivity contribution in [1.29, 1.82) is 0 Å². The standard InChI is InChI=1S/C34H35BrN4O4/c1-4-10-25-17-23(18-30(42-3)32(25)43-21-31(40)37-28-14-9-8-11-22(28)2)20-36-39-33(24-12-6-5-7-13-24)38-29-16-15-26(35)19-27(29)34(39)41/h4,8-9,11,14-20,24H,1,5-7,10,12-13,21H2,2-3H3,(H,37,40). The maximum absolute atomic E-state index is 13.7. The van der Waals surface area contributed by atoms with Crippen molar-refractivity contribution in [2.45, 2.75) is 51.4 Å². The number of nitrogens with zero attached hydrogens (tertiary/aromatic N) is 3. The van der Waals surface area contributed by atoms with Gasteiger partial charge in [-0.3, -0.25) is 9.59 Å². The molecule has 0 saturated heterocycles. The second kappa shape index (κ2) is 13.8. The zero-order valence-corrected chi connectivity index (χ0v) is 26.0. The predicted octanol–water partition coefficient (Wildman–Crippen LogP) is 7.15. The smallest absolute Gasteiger partial charge is 0.282 e. The first-order valence-electron chi connectivity index (χ1n) is 14.4. The van der Waals surface area contributed by atoms with Crippen LogP contribution in [-0.2, 0) is 11.2 Å². The quantitative estimate of drug-likeness (QED) is 0.146. The SMILES string of the molecule is C=CCc1cc(C=Nn2c(C3CCCCC3)nc3ccc(Br)cc3c2=O)cc(OC)c1OCC(=O)Nc1ccccc1C. The van der Waals surface area contributed by atoms with Gasteiger partial charge in [-0.1, -0.05) is 59.5 Å². The first-order chi connectivity index (χ1) is 20.9. The van der Waals surface area contributed by atoms with Gasteiger partial charge in [0.05, 0.1) is 24.2 Å². The molecule has 3 aromatic carbocycles. The average Bonchev–Trinajstić information content (AvgIpc) is 3.01. The number of halogens is 1. The van der Waals surface area contributed by atoms with Crippen LogP contribution in [0.2, 0.25) is 0 Å². The zero-order chi connectivity index (χ0) is 30.3. The number of hydrogen-bond donors (Lipinski definition) is 1. The number of aromatic nitrogens is 2. The van der Waals surface area contributed by atoms with E-state index in [1.54, 1.807) is 31.5 Å². The van der Waals surface area contributed by atoms with E-state index in [1.165, 1.54) is 11.1 Å². The molecule has 1 aliphatic carbocycles. The second-order valence-corrected chi connectivity index (χ2v) is 11.6. The van der Waals surface area contributed by atoms with Crippen molar-refractivity contribution >= 4 is 44.6 Å². The lowest BCUT2D eigenvalue weighted by atomic mass is 9.88. The minimum atomic E-state index is -0.281. The van der Waals surface area contributed by atoms with E-state index in [0.717, 1.165) is 47.0 Å². The van der Waals surface area contributed by atoms with Crippen LogP contribution < -0.4 is 20.3 Å². The molecule has 1 aliphatic rings. The van der Waals surface area contributed by atoms with Gasteiger partial charge < -0.3 is 14.8 Å². The van der Waals surface area contributed by atoms with Crippen LogP contribution >= 0.6 is 15.9 Å². The molecule has 1 heterocycles. The normalized spacial score (nSPS) is 13.7. The summed E-state index contributed by atoms with van der Waals surface area (Å²) in [5.74, 6) is 1.48. The highest BCUT2D eigenvalue weighted by molar-refractivity contribution is 9.10. The van der Waals surface area contributed by atoms with Crippen LogP contribution in [0.25, 0.3) is 10.9 Å². The molecule has 0 spiro atoms. The summed E-state index contributed by atoms with van der Waals surface area (Å²) in [6.07, 6.45) is 9.24. The van der Waals surface area contributed by atoms with Gasteiger partial charge in [0.15, 0.2) is 18.1 Å². The fourth-order valence-corrected chi connectivity index (χ4v) is 5.81. The maximum atomic E-state index is 13.7. The molecular formula is C34H35BrN4O4. The molecule has 1 amide bonds. The minimum absolute atomic E-state index is 0.166. The molecule has 8 nitrogen and oxygen atoms in total. The van der Waals surface area contributed by atoms with Crippen LogP contribution in [0.5, 0.6) is 11.5 Å². The molecule has 0 unspecified atom stereocenters. The van der Waals surface area contributed by atoms with Gasteiger partial charge >= 0.3 is 0 Å². The monoisotopic (exact) mass is 642 g/mol. The fraction of sp³-hybridized carbons (Fsp3) is 0.294. The van der Waals surface area contributed by atoms with Crippen molar-refractivity contribution in [2.75, 3.05) is 19.0 Å². The van der Waals surface area contributed by atoms with E-state index in [9.17, 15) is 9.59 Å². The number of benzene rings is 3. The molecule has 5 rings (SSSR count). The van der Waals surface area contributed by atoms with E-state index in [0.29, 0.717) is 40.2 Å². The van der Waals surface area contributed by atoms with Crippen molar-refractivity contribution in [3.8, 4) is 11.5 Å². The average molecular weight is 644 g/mol. The number of fused-ring (bicyclic) bond motifs is 1. The van der Waals surface area contributed by atoms with Gasteiger partial charge in [0.1, 0.15) is 5.82 Å². The zero-order valence-electron chi connectivity index (χ0n) is 24.4. The van der Waals surface area contributed by atoms with Crippen molar-refractivity contribution in [3.05, 3.63) is 105 Å². The van der Waals surface area contributed by atoms with E-state index >= 15 is 0 Å². The van der Waals surface area contributed by atoms with Gasteiger partial charge in [0.25, 0.3) is 11.5 Å². The van der Waals surface area contributed by atoms with Gasteiger partial charge in [-0.05, 0) is 73.7 Å². The van der Waals surface area contributed by atoms with Crippen LogP contribution in [0.1, 0.15) is 60.5 Å². The summed E-state index contributed by atoms with van der Waals surface area (Å²) in [7, 11) is 1.55. The third kappa shape index (κ3) is 7.05. The van der Waals surface area contributed by atoms with Crippen molar-refractivity contribution in [2.24, 2.45) is 5.10 Å². The van der Waals surface area contributed by atoms with Gasteiger partial charge in [-0.2, -0.15) is 9.78 Å². The van der Waals surface area contributed by atoms with Crippen molar-refractivity contribution < 1.29 is 14.3 Å². The Hall–Kier alpha value is -4.24. The molecule has 0 bridgehead atoms. The number of methoxy groups -OCH3 is 1. The predicted molar refractivity (Wildman–Crippen MR) is 175 cm³/mol. The second-order valence-electron chi connectivity index (χ2n) is 10.7. The first-order valence-corrected chi connectivity index (χ1v) is 15.2. The summed E-state index contributed by atoms with van der Waals surface area (Å²) < 4.78 is 13.9. The molecule has 1 saturated carbocycles. The summed E-state index contributed by atoms with van der Waals surface area (Å²) in [6.45, 7) is 5.62. The summed E-state index contributed by atoms with van der Waals surface area (Å²) >= 11 is 3.48. The number of amides is 1. The summed E-state index contributed by atoms with van der Waals surface area (Å²) in [4.78, 5) is 31.3. The largest absolute Gasteiger partial charge is 0.493 e. The summed E-state index contributed by atoms with van der Waals surface area (Å²) in [6, 6.07) is 16.8. The highest BCUT2D eigenvalue weighted by atomic mass is 79.9. The highest BCUT2D eigenvalue weighted by Gasteiger charge is 2.23. The molecule has 1 fully saturated rings. The van der Waals surface area contributed by atoms with Crippen LogP contribution in [0.15, 0.2) is 81.6 Å².